The molecule has 1 aliphatic heterocycles. The lowest BCUT2D eigenvalue weighted by atomic mass is 10.1. The number of para-hydroxylation sites is 1. The first-order chi connectivity index (χ1) is 9.24. The lowest BCUT2D eigenvalue weighted by Crippen LogP contribution is -2.26. The van der Waals surface area contributed by atoms with Crippen LogP contribution in [0.3, 0.4) is 0 Å². The van der Waals surface area contributed by atoms with Crippen molar-refractivity contribution in [2.24, 2.45) is 0 Å². The second kappa shape index (κ2) is 6.43. The molecule has 0 bridgehead atoms. The Hall–Kier alpha value is -1.75. The zero-order valence-electron chi connectivity index (χ0n) is 11.3. The summed E-state index contributed by atoms with van der Waals surface area (Å²) in [6, 6.07) is 5.88. The van der Waals surface area contributed by atoms with Crippen molar-refractivity contribution >= 4 is 5.97 Å². The van der Waals surface area contributed by atoms with Crippen molar-refractivity contribution in [3.8, 4) is 11.5 Å². The molecule has 0 fully saturated rings. The number of ether oxygens (including phenoxy) is 3. The van der Waals surface area contributed by atoms with Crippen molar-refractivity contribution in [1.29, 1.82) is 0 Å². The number of esters is 1. The summed E-state index contributed by atoms with van der Waals surface area (Å²) in [6.45, 7) is 4.62. The van der Waals surface area contributed by atoms with E-state index in [2.05, 4.69) is 16.6 Å². The number of fused-ring (bicyclic) bond motifs is 1. The van der Waals surface area contributed by atoms with Crippen molar-refractivity contribution in [1.82, 2.24) is 4.90 Å². The van der Waals surface area contributed by atoms with Crippen LogP contribution in [0.4, 0.5) is 0 Å². The highest BCUT2D eigenvalue weighted by molar-refractivity contribution is 5.69. The summed E-state index contributed by atoms with van der Waals surface area (Å²) in [4.78, 5) is 13.4. The maximum atomic E-state index is 11.2. The van der Waals surface area contributed by atoms with E-state index >= 15 is 0 Å². The van der Waals surface area contributed by atoms with Gasteiger partial charge in [0.25, 0.3) is 0 Å². The van der Waals surface area contributed by atoms with Gasteiger partial charge in [-0.3, -0.25) is 9.69 Å². The molecule has 0 aliphatic carbocycles. The number of carbonyl (C=O) groups is 1. The summed E-state index contributed by atoms with van der Waals surface area (Å²) in [5.74, 6) is 1.43. The number of hydrogen-bond acceptors (Lipinski definition) is 5. The van der Waals surface area contributed by atoms with Gasteiger partial charge in [-0.2, -0.15) is 0 Å². The first kappa shape index (κ1) is 13.7. The van der Waals surface area contributed by atoms with Gasteiger partial charge >= 0.3 is 5.97 Å². The van der Waals surface area contributed by atoms with E-state index in [1.165, 1.54) is 7.11 Å². The highest BCUT2D eigenvalue weighted by Crippen LogP contribution is 2.35. The van der Waals surface area contributed by atoms with Crippen LogP contribution in [0.2, 0.25) is 0 Å². The maximum Gasteiger partial charge on any atom is 0.306 e. The van der Waals surface area contributed by atoms with Gasteiger partial charge in [0.2, 0.25) is 6.79 Å². The molecular formula is C14H19NO4. The Morgan fingerprint density at radius 3 is 3.00 bits per heavy atom. The van der Waals surface area contributed by atoms with E-state index in [0.29, 0.717) is 13.0 Å². The largest absolute Gasteiger partial charge is 0.469 e. The second-order valence-electron chi connectivity index (χ2n) is 4.35. The molecule has 0 spiro atoms. The van der Waals surface area contributed by atoms with Gasteiger partial charge in [0.05, 0.1) is 13.5 Å². The van der Waals surface area contributed by atoms with Crippen LogP contribution in [0.15, 0.2) is 18.2 Å². The van der Waals surface area contributed by atoms with Gasteiger partial charge in [-0.25, -0.2) is 0 Å². The fourth-order valence-corrected chi connectivity index (χ4v) is 2.06. The zero-order chi connectivity index (χ0) is 13.7. The molecule has 1 aromatic carbocycles. The predicted molar refractivity (Wildman–Crippen MR) is 70.1 cm³/mol. The number of benzene rings is 1. The van der Waals surface area contributed by atoms with Gasteiger partial charge in [-0.05, 0) is 12.6 Å². The molecule has 1 aliphatic rings. The van der Waals surface area contributed by atoms with E-state index in [-0.39, 0.29) is 12.8 Å². The van der Waals surface area contributed by atoms with Gasteiger partial charge in [0.1, 0.15) is 0 Å². The molecule has 0 atom stereocenters. The highest BCUT2D eigenvalue weighted by atomic mass is 16.7. The van der Waals surface area contributed by atoms with Crippen molar-refractivity contribution in [3.63, 3.8) is 0 Å². The fraction of sp³-hybridized carbons (Fsp3) is 0.500. The van der Waals surface area contributed by atoms with Gasteiger partial charge in [0, 0.05) is 18.7 Å². The van der Waals surface area contributed by atoms with Crippen LogP contribution in [0.1, 0.15) is 18.9 Å². The predicted octanol–water partition coefficient (Wildman–Crippen LogP) is 1.80. The van der Waals surface area contributed by atoms with Crippen LogP contribution in [-0.4, -0.2) is 37.9 Å². The lowest BCUT2D eigenvalue weighted by Gasteiger charge is -2.20. The van der Waals surface area contributed by atoms with Crippen LogP contribution >= 0.6 is 0 Å². The first-order valence-electron chi connectivity index (χ1n) is 6.41. The molecule has 0 N–H and O–H groups in total. The summed E-state index contributed by atoms with van der Waals surface area (Å²) >= 11 is 0. The van der Waals surface area contributed by atoms with Crippen molar-refractivity contribution < 1.29 is 19.0 Å². The van der Waals surface area contributed by atoms with Crippen LogP contribution in [-0.2, 0) is 16.1 Å². The minimum Gasteiger partial charge on any atom is -0.469 e. The third kappa shape index (κ3) is 3.38. The quantitative estimate of drug-likeness (QED) is 0.734. The smallest absolute Gasteiger partial charge is 0.306 e. The second-order valence-corrected chi connectivity index (χ2v) is 4.35. The van der Waals surface area contributed by atoms with Crippen molar-refractivity contribution in [2.45, 2.75) is 19.9 Å². The summed E-state index contributed by atoms with van der Waals surface area (Å²) < 4.78 is 15.5. The molecule has 0 aromatic heterocycles. The SMILES string of the molecule is CCN(CCC(=O)OC)Cc1cccc2c1OCO2. The Morgan fingerprint density at radius 2 is 2.26 bits per heavy atom. The molecule has 5 nitrogen and oxygen atoms in total. The molecule has 1 heterocycles. The monoisotopic (exact) mass is 265 g/mol. The van der Waals surface area contributed by atoms with Crippen LogP contribution in [0, 0.1) is 0 Å². The average molecular weight is 265 g/mol. The van der Waals surface area contributed by atoms with E-state index in [4.69, 9.17) is 9.47 Å². The summed E-state index contributed by atoms with van der Waals surface area (Å²) in [6.07, 6.45) is 0.400. The van der Waals surface area contributed by atoms with E-state index in [1.54, 1.807) is 0 Å². The Morgan fingerprint density at radius 1 is 1.42 bits per heavy atom. The molecule has 104 valence electrons. The molecule has 0 saturated carbocycles. The number of methoxy groups -OCH3 is 1. The van der Waals surface area contributed by atoms with E-state index in [1.807, 2.05) is 18.2 Å². The van der Waals surface area contributed by atoms with Crippen LogP contribution < -0.4 is 9.47 Å². The van der Waals surface area contributed by atoms with Gasteiger partial charge in [-0.15, -0.1) is 0 Å². The Bertz CT molecular complexity index is 447. The minimum atomic E-state index is -0.184. The molecule has 0 unspecified atom stereocenters. The zero-order valence-corrected chi connectivity index (χ0v) is 11.3. The van der Waals surface area contributed by atoms with Crippen LogP contribution in [0.25, 0.3) is 0 Å². The maximum absolute atomic E-state index is 11.2. The van der Waals surface area contributed by atoms with Gasteiger partial charge in [0.15, 0.2) is 11.5 Å². The molecule has 19 heavy (non-hydrogen) atoms. The van der Waals surface area contributed by atoms with Gasteiger partial charge in [-0.1, -0.05) is 19.1 Å². The number of carbonyl (C=O) groups excluding carboxylic acids is 1. The topological polar surface area (TPSA) is 48.0 Å². The highest BCUT2D eigenvalue weighted by Gasteiger charge is 2.18. The average Bonchev–Trinajstić information content (AvgIpc) is 2.92. The molecule has 0 saturated heterocycles. The number of nitrogens with zero attached hydrogens (tertiary/aromatic N) is 1. The van der Waals surface area contributed by atoms with Crippen LogP contribution in [0.5, 0.6) is 11.5 Å². The van der Waals surface area contributed by atoms with E-state index in [9.17, 15) is 4.79 Å². The molecular weight excluding hydrogens is 246 g/mol. The summed E-state index contributed by atoms with van der Waals surface area (Å²) in [5.41, 5.74) is 1.08. The molecule has 0 amide bonds. The summed E-state index contributed by atoms with van der Waals surface area (Å²) in [5, 5.41) is 0. The van der Waals surface area contributed by atoms with Gasteiger partial charge < -0.3 is 14.2 Å². The fourth-order valence-electron chi connectivity index (χ4n) is 2.06. The third-order valence-corrected chi connectivity index (χ3v) is 3.18. The number of hydrogen-bond donors (Lipinski definition) is 0. The molecule has 1 aromatic rings. The van der Waals surface area contributed by atoms with E-state index in [0.717, 1.165) is 30.2 Å². The third-order valence-electron chi connectivity index (χ3n) is 3.18. The normalized spacial score (nSPS) is 12.8. The minimum absolute atomic E-state index is 0.184. The first-order valence-corrected chi connectivity index (χ1v) is 6.41. The van der Waals surface area contributed by atoms with Crippen molar-refractivity contribution in [2.75, 3.05) is 27.0 Å². The summed E-state index contributed by atoms with van der Waals surface area (Å²) in [7, 11) is 1.41. The lowest BCUT2D eigenvalue weighted by molar-refractivity contribution is -0.141. The standard InChI is InChI=1S/C14H19NO4/c1-3-15(8-7-13(16)17-2)9-11-5-4-6-12-14(11)19-10-18-12/h4-6H,3,7-10H2,1-2H3. The van der Waals surface area contributed by atoms with Crippen molar-refractivity contribution in [3.05, 3.63) is 23.8 Å². The Balaban J connectivity index is 1.98. The molecule has 0 radical (unpaired) electrons. The number of rotatable bonds is 6. The molecule has 5 heteroatoms. The Kier molecular flexibility index (Phi) is 4.63. The van der Waals surface area contributed by atoms with E-state index < -0.39 is 0 Å². The molecule has 2 rings (SSSR count). The Labute approximate surface area is 113 Å².